The molecular weight excluding hydrogens is 359 g/mol. The first-order valence-corrected chi connectivity index (χ1v) is 7.99. The molecule has 0 saturated carbocycles. The Morgan fingerprint density at radius 2 is 1.84 bits per heavy atom. The van der Waals surface area contributed by atoms with Gasteiger partial charge in [0.05, 0.1) is 10.6 Å². The predicted octanol–water partition coefficient (Wildman–Crippen LogP) is 2.90. The van der Waals surface area contributed by atoms with Gasteiger partial charge in [-0.15, -0.1) is 11.3 Å². The molecule has 0 saturated heterocycles. The molecule has 2 amide bonds. The summed E-state index contributed by atoms with van der Waals surface area (Å²) in [5.41, 5.74) is -0.0634. The van der Waals surface area contributed by atoms with Gasteiger partial charge in [0.25, 0.3) is 0 Å². The molecule has 0 unspecified atom stereocenters. The normalized spacial score (nSPS) is 11.2. The summed E-state index contributed by atoms with van der Waals surface area (Å²) >= 11 is 0.891. The Morgan fingerprint density at radius 1 is 1.16 bits per heavy atom. The van der Waals surface area contributed by atoms with E-state index < -0.39 is 23.9 Å². The maximum absolute atomic E-state index is 12.4. The van der Waals surface area contributed by atoms with Crippen molar-refractivity contribution in [3.63, 3.8) is 0 Å². The second-order valence-corrected chi connectivity index (χ2v) is 5.93. The molecular formula is C15H14F3N3O3S. The average molecular weight is 373 g/mol. The van der Waals surface area contributed by atoms with E-state index >= 15 is 0 Å². The number of rotatable bonds is 6. The van der Waals surface area contributed by atoms with E-state index in [4.69, 9.17) is 5.11 Å². The van der Waals surface area contributed by atoms with Crippen molar-refractivity contribution >= 4 is 23.3 Å². The molecule has 10 heteroatoms. The van der Waals surface area contributed by atoms with E-state index in [2.05, 4.69) is 15.6 Å². The van der Waals surface area contributed by atoms with Crippen molar-refractivity contribution in [2.24, 2.45) is 0 Å². The van der Waals surface area contributed by atoms with Crippen molar-refractivity contribution in [2.45, 2.75) is 19.1 Å². The SMILES string of the molecule is O=C(NCCc1nc(C(F)(F)F)cs1)NCc1ccc(C(=O)O)cc1. The maximum atomic E-state index is 12.4. The molecule has 3 N–H and O–H groups in total. The largest absolute Gasteiger partial charge is 0.478 e. The standard InChI is InChI=1S/C15H14F3N3O3S/c16-15(17,18)11-8-25-12(21-11)5-6-19-14(24)20-7-9-1-3-10(4-2-9)13(22)23/h1-4,8H,5-7H2,(H,22,23)(H2,19,20,24). The van der Waals surface area contributed by atoms with Crippen molar-refractivity contribution < 1.29 is 27.9 Å². The van der Waals surface area contributed by atoms with Crippen LogP contribution in [0, 0.1) is 0 Å². The number of nitrogens with zero attached hydrogens (tertiary/aromatic N) is 1. The molecule has 0 aliphatic carbocycles. The van der Waals surface area contributed by atoms with Crippen LogP contribution in [0.1, 0.15) is 26.6 Å². The van der Waals surface area contributed by atoms with Gasteiger partial charge < -0.3 is 15.7 Å². The zero-order valence-electron chi connectivity index (χ0n) is 12.8. The number of alkyl halides is 3. The van der Waals surface area contributed by atoms with Crippen molar-refractivity contribution in [3.05, 3.63) is 51.5 Å². The lowest BCUT2D eigenvalue weighted by molar-refractivity contribution is -0.140. The fourth-order valence-electron chi connectivity index (χ4n) is 1.85. The Hall–Kier alpha value is -2.62. The lowest BCUT2D eigenvalue weighted by atomic mass is 10.1. The Bertz CT molecular complexity index is 744. The van der Waals surface area contributed by atoms with E-state index in [1.54, 1.807) is 12.1 Å². The summed E-state index contributed by atoms with van der Waals surface area (Å²) in [6.07, 6.45) is -4.27. The van der Waals surface area contributed by atoms with E-state index in [1.807, 2.05) is 0 Å². The molecule has 0 aliphatic heterocycles. The Balaban J connectivity index is 1.72. The minimum Gasteiger partial charge on any atom is -0.478 e. The number of thiazole rings is 1. The van der Waals surface area contributed by atoms with Gasteiger partial charge in [0.2, 0.25) is 0 Å². The zero-order valence-corrected chi connectivity index (χ0v) is 13.6. The summed E-state index contributed by atoms with van der Waals surface area (Å²) in [4.78, 5) is 25.8. The first-order valence-electron chi connectivity index (χ1n) is 7.11. The van der Waals surface area contributed by atoms with Crippen LogP contribution in [0.5, 0.6) is 0 Å². The number of carboxylic acids is 1. The van der Waals surface area contributed by atoms with Crippen LogP contribution in [-0.2, 0) is 19.1 Å². The van der Waals surface area contributed by atoms with E-state index in [-0.39, 0.29) is 30.1 Å². The fraction of sp³-hybridized carbons (Fsp3) is 0.267. The number of aromatic nitrogens is 1. The molecule has 1 aromatic carbocycles. The molecule has 0 atom stereocenters. The van der Waals surface area contributed by atoms with Crippen LogP contribution in [0.2, 0.25) is 0 Å². The van der Waals surface area contributed by atoms with E-state index in [9.17, 15) is 22.8 Å². The van der Waals surface area contributed by atoms with Crippen LogP contribution in [0.4, 0.5) is 18.0 Å². The second-order valence-electron chi connectivity index (χ2n) is 4.99. The van der Waals surface area contributed by atoms with Crippen LogP contribution < -0.4 is 10.6 Å². The first kappa shape index (κ1) is 18.7. The smallest absolute Gasteiger partial charge is 0.434 e. The first-order chi connectivity index (χ1) is 11.8. The number of carbonyl (C=O) groups is 2. The average Bonchev–Trinajstić information content (AvgIpc) is 3.02. The highest BCUT2D eigenvalue weighted by Crippen LogP contribution is 2.29. The summed E-state index contributed by atoms with van der Waals surface area (Å²) in [5.74, 6) is -1.03. The number of carbonyl (C=O) groups excluding carboxylic acids is 1. The molecule has 0 aliphatic rings. The highest BCUT2D eigenvalue weighted by atomic mass is 32.1. The number of urea groups is 1. The van der Waals surface area contributed by atoms with Gasteiger partial charge in [0, 0.05) is 24.9 Å². The monoisotopic (exact) mass is 373 g/mol. The number of nitrogens with one attached hydrogen (secondary N) is 2. The molecule has 134 valence electrons. The third-order valence-electron chi connectivity index (χ3n) is 3.12. The van der Waals surface area contributed by atoms with Crippen molar-refractivity contribution in [1.82, 2.24) is 15.6 Å². The Morgan fingerprint density at radius 3 is 2.40 bits per heavy atom. The lowest BCUT2D eigenvalue weighted by Gasteiger charge is -2.07. The van der Waals surface area contributed by atoms with Crippen LogP contribution in [-0.4, -0.2) is 28.6 Å². The zero-order chi connectivity index (χ0) is 18.4. The van der Waals surface area contributed by atoms with Gasteiger partial charge in [-0.25, -0.2) is 14.6 Å². The fourth-order valence-corrected chi connectivity index (χ4v) is 2.65. The molecule has 0 fully saturated rings. The number of halogens is 3. The van der Waals surface area contributed by atoms with Gasteiger partial charge in [-0.05, 0) is 17.7 Å². The van der Waals surface area contributed by atoms with Crippen LogP contribution >= 0.6 is 11.3 Å². The topological polar surface area (TPSA) is 91.3 Å². The molecule has 2 aromatic rings. The van der Waals surface area contributed by atoms with Crippen molar-refractivity contribution in [2.75, 3.05) is 6.54 Å². The molecule has 1 aromatic heterocycles. The van der Waals surface area contributed by atoms with Gasteiger partial charge in [-0.1, -0.05) is 12.1 Å². The lowest BCUT2D eigenvalue weighted by Crippen LogP contribution is -2.36. The molecule has 0 spiro atoms. The number of hydrogen-bond acceptors (Lipinski definition) is 4. The van der Waals surface area contributed by atoms with Crippen LogP contribution in [0.3, 0.4) is 0 Å². The quantitative estimate of drug-likeness (QED) is 0.726. The van der Waals surface area contributed by atoms with Crippen LogP contribution in [0.15, 0.2) is 29.6 Å². The molecule has 0 radical (unpaired) electrons. The molecule has 25 heavy (non-hydrogen) atoms. The molecule has 6 nitrogen and oxygen atoms in total. The van der Waals surface area contributed by atoms with Crippen molar-refractivity contribution in [1.29, 1.82) is 0 Å². The highest BCUT2D eigenvalue weighted by Gasteiger charge is 2.33. The third-order valence-corrected chi connectivity index (χ3v) is 4.03. The molecule has 0 bridgehead atoms. The predicted molar refractivity (Wildman–Crippen MR) is 84.5 cm³/mol. The third kappa shape index (κ3) is 5.75. The summed E-state index contributed by atoms with van der Waals surface area (Å²) in [7, 11) is 0. The van der Waals surface area contributed by atoms with Gasteiger partial charge >= 0.3 is 18.2 Å². The summed E-state index contributed by atoms with van der Waals surface area (Å²) in [6, 6.07) is 5.54. The summed E-state index contributed by atoms with van der Waals surface area (Å²) in [5, 5.41) is 15.1. The van der Waals surface area contributed by atoms with E-state index in [0.717, 1.165) is 22.3 Å². The number of amides is 2. The minimum atomic E-state index is -4.46. The Kier molecular flexibility index (Phi) is 5.97. The second kappa shape index (κ2) is 7.97. The highest BCUT2D eigenvalue weighted by molar-refractivity contribution is 7.09. The maximum Gasteiger partial charge on any atom is 0.434 e. The number of carboxylic acid groups (broad SMARTS) is 1. The van der Waals surface area contributed by atoms with E-state index in [1.165, 1.54) is 12.1 Å². The van der Waals surface area contributed by atoms with E-state index in [0.29, 0.717) is 0 Å². The number of aromatic carboxylic acids is 1. The summed E-state index contributed by atoms with van der Waals surface area (Å²) < 4.78 is 37.2. The van der Waals surface area contributed by atoms with Gasteiger partial charge in [0.1, 0.15) is 0 Å². The van der Waals surface area contributed by atoms with Crippen molar-refractivity contribution in [3.8, 4) is 0 Å². The Labute approximate surface area is 144 Å². The van der Waals surface area contributed by atoms with Gasteiger partial charge in [-0.2, -0.15) is 13.2 Å². The summed E-state index contributed by atoms with van der Waals surface area (Å²) in [6.45, 7) is 0.343. The minimum absolute atomic E-state index is 0.147. The van der Waals surface area contributed by atoms with Gasteiger partial charge in [0.15, 0.2) is 5.69 Å². The number of hydrogen-bond donors (Lipinski definition) is 3. The van der Waals surface area contributed by atoms with Crippen LogP contribution in [0.25, 0.3) is 0 Å². The number of benzene rings is 1. The molecule has 2 rings (SSSR count). The van der Waals surface area contributed by atoms with Gasteiger partial charge in [-0.3, -0.25) is 0 Å². The molecule has 1 heterocycles.